The van der Waals surface area contributed by atoms with Crippen molar-refractivity contribution in [3.63, 3.8) is 0 Å². The molecule has 1 aromatic rings. The highest BCUT2D eigenvalue weighted by Gasteiger charge is 2.33. The third-order valence-corrected chi connectivity index (χ3v) is 4.45. The highest BCUT2D eigenvalue weighted by atomic mass is 16.3. The molecule has 2 N–H and O–H groups in total. The molecule has 0 saturated heterocycles. The Morgan fingerprint density at radius 2 is 1.70 bits per heavy atom. The first-order chi connectivity index (χ1) is 11.2. The van der Waals surface area contributed by atoms with Crippen molar-refractivity contribution in [2.24, 2.45) is 11.8 Å². The Balaban J connectivity index is 1.50. The normalized spacial score (nSPS) is 16.9. The molecule has 5 nitrogen and oxygen atoms in total. The maximum atomic E-state index is 12.1. The summed E-state index contributed by atoms with van der Waals surface area (Å²) in [6.45, 7) is 1.04. The van der Waals surface area contributed by atoms with Gasteiger partial charge in [0.2, 0.25) is 11.8 Å². The van der Waals surface area contributed by atoms with Crippen molar-refractivity contribution >= 4 is 17.5 Å². The molecule has 1 aromatic carbocycles. The minimum Gasteiger partial charge on any atom is -0.395 e. The SMILES string of the molecule is O=C(Nc1ccc(CCN(CCO)C(=O)C2CC2)cc1)C1CC1. The number of nitrogens with one attached hydrogen (secondary N) is 1. The highest BCUT2D eigenvalue weighted by Crippen LogP contribution is 2.31. The summed E-state index contributed by atoms with van der Waals surface area (Å²) >= 11 is 0. The maximum absolute atomic E-state index is 12.1. The molecule has 2 amide bonds. The van der Waals surface area contributed by atoms with Crippen LogP contribution in [0.15, 0.2) is 24.3 Å². The van der Waals surface area contributed by atoms with Gasteiger partial charge in [-0.25, -0.2) is 0 Å². The van der Waals surface area contributed by atoms with Crippen LogP contribution in [0.1, 0.15) is 31.2 Å². The van der Waals surface area contributed by atoms with Gasteiger partial charge in [0.25, 0.3) is 0 Å². The van der Waals surface area contributed by atoms with E-state index in [1.165, 1.54) is 0 Å². The molecule has 5 heteroatoms. The Bertz CT molecular complexity index is 562. The highest BCUT2D eigenvalue weighted by molar-refractivity contribution is 5.94. The minimum atomic E-state index is 0.00456. The van der Waals surface area contributed by atoms with Crippen LogP contribution in [-0.2, 0) is 16.0 Å². The first kappa shape index (κ1) is 16.0. The Morgan fingerprint density at radius 1 is 1.04 bits per heavy atom. The molecular weight excluding hydrogens is 292 g/mol. The molecule has 0 bridgehead atoms. The number of rotatable bonds is 8. The number of carbonyl (C=O) groups excluding carboxylic acids is 2. The maximum Gasteiger partial charge on any atom is 0.227 e. The van der Waals surface area contributed by atoms with Crippen molar-refractivity contribution in [2.75, 3.05) is 25.0 Å². The van der Waals surface area contributed by atoms with Gasteiger partial charge in [0.15, 0.2) is 0 Å². The zero-order valence-corrected chi connectivity index (χ0v) is 13.3. The molecule has 0 spiro atoms. The van der Waals surface area contributed by atoms with Gasteiger partial charge in [-0.15, -0.1) is 0 Å². The van der Waals surface area contributed by atoms with Crippen LogP contribution in [0, 0.1) is 11.8 Å². The van der Waals surface area contributed by atoms with E-state index in [2.05, 4.69) is 5.32 Å². The second-order valence-corrected chi connectivity index (χ2v) is 6.53. The van der Waals surface area contributed by atoms with E-state index >= 15 is 0 Å². The first-order valence-electron chi connectivity index (χ1n) is 8.47. The summed E-state index contributed by atoms with van der Waals surface area (Å²) in [5.41, 5.74) is 1.95. The topological polar surface area (TPSA) is 69.6 Å². The van der Waals surface area contributed by atoms with Crippen molar-refractivity contribution in [3.8, 4) is 0 Å². The fourth-order valence-electron chi connectivity index (χ4n) is 2.65. The lowest BCUT2D eigenvalue weighted by molar-refractivity contribution is -0.133. The monoisotopic (exact) mass is 316 g/mol. The van der Waals surface area contributed by atoms with E-state index in [-0.39, 0.29) is 30.3 Å². The van der Waals surface area contributed by atoms with Gasteiger partial charge in [0.1, 0.15) is 0 Å². The number of benzene rings is 1. The van der Waals surface area contributed by atoms with Crippen LogP contribution in [0.25, 0.3) is 0 Å². The molecule has 0 aromatic heterocycles. The van der Waals surface area contributed by atoms with E-state index in [0.29, 0.717) is 13.1 Å². The Labute approximate surface area is 136 Å². The van der Waals surface area contributed by atoms with Crippen molar-refractivity contribution in [3.05, 3.63) is 29.8 Å². The molecule has 23 heavy (non-hydrogen) atoms. The Morgan fingerprint density at radius 3 is 2.26 bits per heavy atom. The van der Waals surface area contributed by atoms with Gasteiger partial charge < -0.3 is 15.3 Å². The van der Waals surface area contributed by atoms with Crippen LogP contribution in [0.3, 0.4) is 0 Å². The van der Waals surface area contributed by atoms with Crippen LogP contribution < -0.4 is 5.32 Å². The van der Waals surface area contributed by atoms with E-state index in [0.717, 1.165) is 43.4 Å². The Hall–Kier alpha value is -1.88. The van der Waals surface area contributed by atoms with Gasteiger partial charge in [0, 0.05) is 30.6 Å². The van der Waals surface area contributed by atoms with E-state index in [4.69, 9.17) is 5.11 Å². The van der Waals surface area contributed by atoms with Crippen molar-refractivity contribution < 1.29 is 14.7 Å². The van der Waals surface area contributed by atoms with Gasteiger partial charge in [0.05, 0.1) is 6.61 Å². The van der Waals surface area contributed by atoms with E-state index in [9.17, 15) is 9.59 Å². The smallest absolute Gasteiger partial charge is 0.227 e. The summed E-state index contributed by atoms with van der Waals surface area (Å²) < 4.78 is 0. The number of carbonyl (C=O) groups is 2. The molecule has 2 aliphatic rings. The zero-order chi connectivity index (χ0) is 16.2. The second-order valence-electron chi connectivity index (χ2n) is 6.53. The molecule has 2 aliphatic carbocycles. The zero-order valence-electron chi connectivity index (χ0n) is 13.3. The van der Waals surface area contributed by atoms with E-state index < -0.39 is 0 Å². The minimum absolute atomic E-state index is 0.00456. The van der Waals surface area contributed by atoms with Crippen molar-refractivity contribution in [1.29, 1.82) is 0 Å². The van der Waals surface area contributed by atoms with Crippen LogP contribution in [0.4, 0.5) is 5.69 Å². The van der Waals surface area contributed by atoms with Gasteiger partial charge in [-0.1, -0.05) is 12.1 Å². The quantitative estimate of drug-likeness (QED) is 0.768. The summed E-state index contributed by atoms with van der Waals surface area (Å²) in [6, 6.07) is 7.80. The standard InChI is InChI=1S/C18H24N2O3/c21-12-11-20(18(23)15-5-6-15)10-9-13-1-7-16(8-2-13)19-17(22)14-3-4-14/h1-2,7-8,14-15,21H,3-6,9-12H2,(H,19,22). The molecule has 0 radical (unpaired) electrons. The molecule has 124 valence electrons. The number of aliphatic hydroxyl groups excluding tert-OH is 1. The number of nitrogens with zero attached hydrogens (tertiary/aromatic N) is 1. The first-order valence-corrected chi connectivity index (χ1v) is 8.47. The summed E-state index contributed by atoms with van der Waals surface area (Å²) in [7, 11) is 0. The molecule has 0 heterocycles. The lowest BCUT2D eigenvalue weighted by Gasteiger charge is -2.21. The second kappa shape index (κ2) is 7.13. The summed E-state index contributed by atoms with van der Waals surface area (Å²) in [4.78, 5) is 25.6. The largest absolute Gasteiger partial charge is 0.395 e. The lowest BCUT2D eigenvalue weighted by atomic mass is 10.1. The number of amides is 2. The van der Waals surface area contributed by atoms with Crippen LogP contribution in [0.5, 0.6) is 0 Å². The van der Waals surface area contributed by atoms with Gasteiger partial charge in [-0.2, -0.15) is 0 Å². The molecule has 0 aliphatic heterocycles. The van der Waals surface area contributed by atoms with Gasteiger partial charge in [-0.3, -0.25) is 9.59 Å². The molecule has 0 atom stereocenters. The summed E-state index contributed by atoms with van der Waals surface area (Å²) in [5, 5.41) is 12.0. The lowest BCUT2D eigenvalue weighted by Crippen LogP contribution is -2.36. The number of aliphatic hydroxyl groups is 1. The van der Waals surface area contributed by atoms with Gasteiger partial charge >= 0.3 is 0 Å². The fraction of sp³-hybridized carbons (Fsp3) is 0.556. The molecular formula is C18H24N2O3. The van der Waals surface area contributed by atoms with Gasteiger partial charge in [-0.05, 0) is 49.8 Å². The summed E-state index contributed by atoms with van der Waals surface area (Å²) in [5.74, 6) is 0.672. The fourth-order valence-corrected chi connectivity index (χ4v) is 2.65. The predicted octanol–water partition coefficient (Wildman–Crippen LogP) is 1.81. The van der Waals surface area contributed by atoms with Crippen molar-refractivity contribution in [2.45, 2.75) is 32.1 Å². The third kappa shape index (κ3) is 4.55. The van der Waals surface area contributed by atoms with Crippen LogP contribution in [0.2, 0.25) is 0 Å². The van der Waals surface area contributed by atoms with Crippen molar-refractivity contribution in [1.82, 2.24) is 4.90 Å². The third-order valence-electron chi connectivity index (χ3n) is 4.45. The summed E-state index contributed by atoms with van der Waals surface area (Å²) in [6.07, 6.45) is 4.72. The predicted molar refractivity (Wildman–Crippen MR) is 87.9 cm³/mol. The average molecular weight is 316 g/mol. The number of hydrogen-bond donors (Lipinski definition) is 2. The average Bonchev–Trinajstić information content (AvgIpc) is 3.43. The van der Waals surface area contributed by atoms with E-state index in [1.807, 2.05) is 24.3 Å². The number of hydrogen-bond acceptors (Lipinski definition) is 3. The van der Waals surface area contributed by atoms with Crippen LogP contribution in [-0.4, -0.2) is 41.5 Å². The molecule has 3 rings (SSSR count). The van der Waals surface area contributed by atoms with Crippen LogP contribution >= 0.6 is 0 Å². The molecule has 0 unspecified atom stereocenters. The Kier molecular flexibility index (Phi) is 4.96. The van der Waals surface area contributed by atoms with E-state index in [1.54, 1.807) is 4.90 Å². The molecule has 2 fully saturated rings. The molecule has 2 saturated carbocycles. The number of anilines is 1.